The first-order chi connectivity index (χ1) is 7.70. The fourth-order valence-corrected chi connectivity index (χ4v) is 4.40. The lowest BCUT2D eigenvalue weighted by Gasteiger charge is -2.28. The van der Waals surface area contributed by atoms with E-state index in [-0.39, 0.29) is 11.8 Å². The van der Waals surface area contributed by atoms with Gasteiger partial charge in [-0.05, 0) is 12.8 Å². The van der Waals surface area contributed by atoms with Crippen molar-refractivity contribution >= 4 is 10.0 Å². The molecular formula is C11H22N2O2S. The van der Waals surface area contributed by atoms with Crippen molar-refractivity contribution in [2.45, 2.75) is 44.6 Å². The average molecular weight is 246 g/mol. The molecule has 1 saturated heterocycles. The monoisotopic (exact) mass is 246 g/mol. The standard InChI is InChI=1S/C11H22N2O2S/c14-16(15)10-8-12-7-9-13(16)11-5-3-1-2-4-6-11/h11-12H,1-10H2. The van der Waals surface area contributed by atoms with Crippen molar-refractivity contribution in [3.63, 3.8) is 0 Å². The highest BCUT2D eigenvalue weighted by Gasteiger charge is 2.30. The molecule has 4 nitrogen and oxygen atoms in total. The normalized spacial score (nSPS) is 29.5. The van der Waals surface area contributed by atoms with E-state index >= 15 is 0 Å². The predicted octanol–water partition coefficient (Wildman–Crippen LogP) is 0.944. The van der Waals surface area contributed by atoms with Gasteiger partial charge in [-0.3, -0.25) is 0 Å². The van der Waals surface area contributed by atoms with Crippen LogP contribution in [0.4, 0.5) is 0 Å². The minimum Gasteiger partial charge on any atom is -0.314 e. The van der Waals surface area contributed by atoms with Gasteiger partial charge in [0.05, 0.1) is 5.75 Å². The highest BCUT2D eigenvalue weighted by Crippen LogP contribution is 2.24. The van der Waals surface area contributed by atoms with Crippen LogP contribution in [0.3, 0.4) is 0 Å². The second-order valence-corrected chi connectivity index (χ2v) is 6.86. The Balaban J connectivity index is 2.09. The first-order valence-electron chi connectivity index (χ1n) is 6.40. The second kappa shape index (κ2) is 5.47. The Kier molecular flexibility index (Phi) is 4.21. The molecule has 0 atom stereocenters. The number of nitrogens with zero attached hydrogens (tertiary/aromatic N) is 1. The summed E-state index contributed by atoms with van der Waals surface area (Å²) in [5.74, 6) is 0.267. The molecule has 2 rings (SSSR count). The van der Waals surface area contributed by atoms with E-state index in [0.717, 1.165) is 19.4 Å². The van der Waals surface area contributed by atoms with Crippen molar-refractivity contribution in [1.29, 1.82) is 0 Å². The molecule has 5 heteroatoms. The Hall–Kier alpha value is -0.130. The van der Waals surface area contributed by atoms with Gasteiger partial charge in [-0.15, -0.1) is 0 Å². The summed E-state index contributed by atoms with van der Waals surface area (Å²) < 4.78 is 26.0. The van der Waals surface area contributed by atoms with Crippen LogP contribution in [0.2, 0.25) is 0 Å². The van der Waals surface area contributed by atoms with Crippen molar-refractivity contribution in [3.8, 4) is 0 Å². The molecule has 0 spiro atoms. The molecule has 1 N–H and O–H groups in total. The van der Waals surface area contributed by atoms with Crippen LogP contribution < -0.4 is 5.32 Å². The third kappa shape index (κ3) is 2.96. The fourth-order valence-electron chi connectivity index (χ4n) is 2.73. The molecule has 1 saturated carbocycles. The highest BCUT2D eigenvalue weighted by molar-refractivity contribution is 7.89. The van der Waals surface area contributed by atoms with Crippen LogP contribution in [-0.4, -0.2) is 44.2 Å². The molecule has 0 aromatic rings. The summed E-state index contributed by atoms with van der Waals surface area (Å²) in [4.78, 5) is 0. The largest absolute Gasteiger partial charge is 0.314 e. The van der Waals surface area contributed by atoms with Gasteiger partial charge in [0.25, 0.3) is 0 Å². The van der Waals surface area contributed by atoms with Crippen molar-refractivity contribution in [3.05, 3.63) is 0 Å². The smallest absolute Gasteiger partial charge is 0.215 e. The fraction of sp³-hybridized carbons (Fsp3) is 1.00. The summed E-state index contributed by atoms with van der Waals surface area (Å²) in [6, 6.07) is 0.271. The Bertz CT molecular complexity index is 308. The number of nitrogens with one attached hydrogen (secondary N) is 1. The topological polar surface area (TPSA) is 49.4 Å². The number of rotatable bonds is 1. The maximum Gasteiger partial charge on any atom is 0.215 e. The van der Waals surface area contributed by atoms with Gasteiger partial charge < -0.3 is 5.32 Å². The van der Waals surface area contributed by atoms with Crippen molar-refractivity contribution in [2.75, 3.05) is 25.4 Å². The minimum absolute atomic E-state index is 0.267. The Morgan fingerprint density at radius 1 is 1.00 bits per heavy atom. The Labute approximate surface area is 98.4 Å². The molecule has 1 aliphatic carbocycles. The summed E-state index contributed by atoms with van der Waals surface area (Å²) in [7, 11) is -3.01. The lowest BCUT2D eigenvalue weighted by atomic mass is 10.1. The summed E-state index contributed by atoms with van der Waals surface area (Å²) in [5, 5.41) is 3.17. The Morgan fingerprint density at radius 2 is 1.69 bits per heavy atom. The molecular weight excluding hydrogens is 224 g/mol. The highest BCUT2D eigenvalue weighted by atomic mass is 32.2. The molecule has 2 fully saturated rings. The zero-order valence-corrected chi connectivity index (χ0v) is 10.6. The molecule has 0 bridgehead atoms. The molecule has 0 unspecified atom stereocenters. The molecule has 0 radical (unpaired) electrons. The van der Waals surface area contributed by atoms with Gasteiger partial charge in [-0.25, -0.2) is 8.42 Å². The SMILES string of the molecule is O=S1(=O)CCNCCN1C1CCCCCC1. The lowest BCUT2D eigenvalue weighted by molar-refractivity contribution is 0.298. The maximum absolute atomic E-state index is 12.1. The van der Waals surface area contributed by atoms with E-state index in [1.165, 1.54) is 25.7 Å². The van der Waals surface area contributed by atoms with Gasteiger partial charge >= 0.3 is 0 Å². The summed E-state index contributed by atoms with van der Waals surface area (Å²) in [5.41, 5.74) is 0. The number of sulfonamides is 1. The summed E-state index contributed by atoms with van der Waals surface area (Å²) >= 11 is 0. The molecule has 1 aliphatic heterocycles. The number of hydrogen-bond donors (Lipinski definition) is 1. The van der Waals surface area contributed by atoms with E-state index in [4.69, 9.17) is 0 Å². The van der Waals surface area contributed by atoms with Crippen LogP contribution in [-0.2, 0) is 10.0 Å². The van der Waals surface area contributed by atoms with Gasteiger partial charge in [0.15, 0.2) is 0 Å². The van der Waals surface area contributed by atoms with Crippen molar-refractivity contribution in [1.82, 2.24) is 9.62 Å². The van der Waals surface area contributed by atoms with E-state index in [2.05, 4.69) is 5.32 Å². The molecule has 0 amide bonds. The van der Waals surface area contributed by atoms with E-state index in [0.29, 0.717) is 13.1 Å². The average Bonchev–Trinajstić information content (AvgIpc) is 2.58. The van der Waals surface area contributed by atoms with Crippen LogP contribution >= 0.6 is 0 Å². The zero-order chi connectivity index (χ0) is 11.4. The van der Waals surface area contributed by atoms with Crippen molar-refractivity contribution < 1.29 is 8.42 Å². The first kappa shape index (κ1) is 12.3. The van der Waals surface area contributed by atoms with Crippen LogP contribution in [0.25, 0.3) is 0 Å². The molecule has 94 valence electrons. The third-order valence-electron chi connectivity index (χ3n) is 3.64. The molecule has 16 heavy (non-hydrogen) atoms. The van der Waals surface area contributed by atoms with Gasteiger partial charge in [0, 0.05) is 25.7 Å². The molecule has 1 heterocycles. The van der Waals surface area contributed by atoms with E-state index in [1.54, 1.807) is 4.31 Å². The van der Waals surface area contributed by atoms with E-state index in [9.17, 15) is 8.42 Å². The summed E-state index contributed by atoms with van der Waals surface area (Å²) in [6.07, 6.45) is 7.01. The van der Waals surface area contributed by atoms with E-state index < -0.39 is 10.0 Å². The lowest BCUT2D eigenvalue weighted by Crippen LogP contribution is -2.41. The first-order valence-corrected chi connectivity index (χ1v) is 8.01. The van der Waals surface area contributed by atoms with Gasteiger partial charge in [0.2, 0.25) is 10.0 Å². The number of hydrogen-bond acceptors (Lipinski definition) is 3. The van der Waals surface area contributed by atoms with Crippen LogP contribution in [0.5, 0.6) is 0 Å². The van der Waals surface area contributed by atoms with Gasteiger partial charge in [0.1, 0.15) is 0 Å². The molecule has 0 aromatic heterocycles. The zero-order valence-electron chi connectivity index (χ0n) is 9.82. The Morgan fingerprint density at radius 3 is 2.38 bits per heavy atom. The van der Waals surface area contributed by atoms with E-state index in [1.807, 2.05) is 0 Å². The molecule has 0 aromatic carbocycles. The molecule has 2 aliphatic rings. The predicted molar refractivity (Wildman–Crippen MR) is 64.9 cm³/mol. The van der Waals surface area contributed by atoms with Crippen LogP contribution in [0.1, 0.15) is 38.5 Å². The van der Waals surface area contributed by atoms with Crippen molar-refractivity contribution in [2.24, 2.45) is 0 Å². The quantitative estimate of drug-likeness (QED) is 0.701. The van der Waals surface area contributed by atoms with Crippen LogP contribution in [0, 0.1) is 0 Å². The summed E-state index contributed by atoms with van der Waals surface area (Å²) in [6.45, 7) is 2.06. The second-order valence-electron chi connectivity index (χ2n) is 4.82. The van der Waals surface area contributed by atoms with Gasteiger partial charge in [-0.1, -0.05) is 25.7 Å². The van der Waals surface area contributed by atoms with Gasteiger partial charge in [-0.2, -0.15) is 4.31 Å². The maximum atomic E-state index is 12.1. The third-order valence-corrected chi connectivity index (χ3v) is 5.55. The van der Waals surface area contributed by atoms with Crippen LogP contribution in [0.15, 0.2) is 0 Å². The minimum atomic E-state index is -3.01.